The molecule has 6 nitrogen and oxygen atoms in total. The Morgan fingerprint density at radius 3 is 3.04 bits per heavy atom. The Morgan fingerprint density at radius 2 is 2.23 bits per heavy atom. The van der Waals surface area contributed by atoms with Crippen molar-refractivity contribution < 1.29 is 9.26 Å². The Kier molecular flexibility index (Phi) is 5.02. The highest BCUT2D eigenvalue weighted by molar-refractivity contribution is 5.33. The van der Waals surface area contributed by atoms with Crippen LogP contribution in [-0.2, 0) is 13.1 Å². The summed E-state index contributed by atoms with van der Waals surface area (Å²) < 4.78 is 13.4. The third kappa shape index (κ3) is 3.80. The minimum atomic E-state index is 0.325. The first-order valence-electron chi connectivity index (χ1n) is 9.13. The fraction of sp³-hybridized carbons (Fsp3) is 0.400. The van der Waals surface area contributed by atoms with Crippen LogP contribution in [0, 0.1) is 6.92 Å². The molecule has 0 radical (unpaired) electrons. The molecule has 0 saturated carbocycles. The lowest BCUT2D eigenvalue weighted by Crippen LogP contribution is -2.23. The normalized spacial score (nSPS) is 17.7. The molecule has 0 aliphatic carbocycles. The molecule has 1 saturated heterocycles. The van der Waals surface area contributed by atoms with Crippen LogP contribution in [0.1, 0.15) is 35.9 Å². The Bertz CT molecular complexity index is 828. The SMILES string of the molecule is Cc1cc(C2CCCN2Cc2ccccc2OCCn2ccnc2)no1. The van der Waals surface area contributed by atoms with E-state index in [0.29, 0.717) is 12.6 Å². The summed E-state index contributed by atoms with van der Waals surface area (Å²) in [7, 11) is 0. The molecule has 1 fully saturated rings. The Morgan fingerprint density at radius 1 is 1.31 bits per heavy atom. The lowest BCUT2D eigenvalue weighted by molar-refractivity contribution is 0.229. The molecule has 0 spiro atoms. The van der Waals surface area contributed by atoms with Crippen LogP contribution in [0.5, 0.6) is 5.75 Å². The van der Waals surface area contributed by atoms with Gasteiger partial charge in [-0.15, -0.1) is 0 Å². The van der Waals surface area contributed by atoms with Gasteiger partial charge < -0.3 is 13.8 Å². The third-order valence-corrected chi connectivity index (χ3v) is 4.86. The maximum Gasteiger partial charge on any atom is 0.133 e. The van der Waals surface area contributed by atoms with Gasteiger partial charge in [0.15, 0.2) is 0 Å². The molecule has 2 aromatic heterocycles. The molecule has 6 heteroatoms. The van der Waals surface area contributed by atoms with E-state index in [9.17, 15) is 0 Å². The summed E-state index contributed by atoms with van der Waals surface area (Å²) >= 11 is 0. The van der Waals surface area contributed by atoms with Crippen molar-refractivity contribution >= 4 is 0 Å². The lowest BCUT2D eigenvalue weighted by Gasteiger charge is -2.24. The zero-order valence-corrected chi connectivity index (χ0v) is 15.0. The van der Waals surface area contributed by atoms with Gasteiger partial charge in [-0.1, -0.05) is 23.4 Å². The standard InChI is InChI=1S/C20H24N4O2/c1-16-13-18(22-26-16)19-6-4-9-24(19)14-17-5-2-3-7-20(17)25-12-11-23-10-8-21-15-23/h2-3,5,7-8,10,13,15,19H,4,6,9,11-12,14H2,1H3. The van der Waals surface area contributed by atoms with E-state index in [1.54, 1.807) is 6.20 Å². The average molecular weight is 352 g/mol. The quantitative estimate of drug-likeness (QED) is 0.650. The summed E-state index contributed by atoms with van der Waals surface area (Å²) in [5.41, 5.74) is 2.25. The van der Waals surface area contributed by atoms with Crippen LogP contribution in [0.15, 0.2) is 53.6 Å². The van der Waals surface area contributed by atoms with Crippen molar-refractivity contribution in [3.63, 3.8) is 0 Å². The van der Waals surface area contributed by atoms with E-state index in [-0.39, 0.29) is 0 Å². The first-order chi connectivity index (χ1) is 12.8. The van der Waals surface area contributed by atoms with Crippen LogP contribution >= 0.6 is 0 Å². The number of benzene rings is 1. The number of ether oxygens (including phenoxy) is 1. The number of hydrogen-bond acceptors (Lipinski definition) is 5. The highest BCUT2D eigenvalue weighted by atomic mass is 16.5. The molecule has 4 rings (SSSR count). The fourth-order valence-electron chi connectivity index (χ4n) is 3.57. The highest BCUT2D eigenvalue weighted by Crippen LogP contribution is 2.34. The number of imidazole rings is 1. The summed E-state index contributed by atoms with van der Waals surface area (Å²) in [6.45, 7) is 5.29. The number of aromatic nitrogens is 3. The van der Waals surface area contributed by atoms with Crippen LogP contribution in [-0.4, -0.2) is 32.8 Å². The molecule has 0 amide bonds. The number of hydrogen-bond donors (Lipinski definition) is 0. The van der Waals surface area contributed by atoms with Gasteiger partial charge >= 0.3 is 0 Å². The molecule has 0 N–H and O–H groups in total. The van der Waals surface area contributed by atoms with Crippen molar-refractivity contribution in [2.24, 2.45) is 0 Å². The maximum atomic E-state index is 6.06. The summed E-state index contributed by atoms with van der Waals surface area (Å²) in [6, 6.07) is 10.7. The van der Waals surface area contributed by atoms with Gasteiger partial charge in [-0.2, -0.15) is 0 Å². The van der Waals surface area contributed by atoms with E-state index in [4.69, 9.17) is 9.26 Å². The van der Waals surface area contributed by atoms with Gasteiger partial charge in [0, 0.05) is 30.6 Å². The molecule has 3 heterocycles. The van der Waals surface area contributed by atoms with Crippen molar-refractivity contribution in [1.29, 1.82) is 0 Å². The number of likely N-dealkylation sites (tertiary alicyclic amines) is 1. The van der Waals surface area contributed by atoms with Gasteiger partial charge in [0.1, 0.15) is 23.8 Å². The number of nitrogens with zero attached hydrogens (tertiary/aromatic N) is 4. The van der Waals surface area contributed by atoms with Gasteiger partial charge in [0.05, 0.1) is 18.9 Å². The molecule has 1 aliphatic rings. The Balaban J connectivity index is 1.42. The van der Waals surface area contributed by atoms with Crippen LogP contribution in [0.2, 0.25) is 0 Å². The Labute approximate surface area is 153 Å². The second kappa shape index (κ2) is 7.74. The second-order valence-electron chi connectivity index (χ2n) is 6.75. The highest BCUT2D eigenvalue weighted by Gasteiger charge is 2.29. The van der Waals surface area contributed by atoms with Crippen molar-refractivity contribution in [2.75, 3.05) is 13.2 Å². The average Bonchev–Trinajstić information content (AvgIpc) is 3.38. The molecule has 136 valence electrons. The zero-order valence-electron chi connectivity index (χ0n) is 15.0. The third-order valence-electron chi connectivity index (χ3n) is 4.86. The number of aryl methyl sites for hydroxylation is 1. The smallest absolute Gasteiger partial charge is 0.133 e. The molecule has 1 unspecified atom stereocenters. The van der Waals surface area contributed by atoms with Crippen molar-refractivity contribution in [1.82, 2.24) is 19.6 Å². The summed E-state index contributed by atoms with van der Waals surface area (Å²) in [6.07, 6.45) is 7.84. The number of rotatable bonds is 7. The van der Waals surface area contributed by atoms with Crippen LogP contribution in [0.4, 0.5) is 0 Å². The van der Waals surface area contributed by atoms with Gasteiger partial charge in [0.2, 0.25) is 0 Å². The van der Waals surface area contributed by atoms with E-state index >= 15 is 0 Å². The van der Waals surface area contributed by atoms with Gasteiger partial charge in [0.25, 0.3) is 0 Å². The monoisotopic (exact) mass is 352 g/mol. The minimum absolute atomic E-state index is 0.325. The predicted molar refractivity (Wildman–Crippen MR) is 97.8 cm³/mol. The molecule has 1 atom stereocenters. The molecular formula is C20H24N4O2. The minimum Gasteiger partial charge on any atom is -0.491 e. The Hall–Kier alpha value is -2.60. The number of para-hydroxylation sites is 1. The predicted octanol–water partition coefficient (Wildman–Crippen LogP) is 3.60. The molecular weight excluding hydrogens is 328 g/mol. The lowest BCUT2D eigenvalue weighted by atomic mass is 10.1. The molecule has 1 aliphatic heterocycles. The molecule has 26 heavy (non-hydrogen) atoms. The first kappa shape index (κ1) is 16.8. The zero-order chi connectivity index (χ0) is 17.8. The topological polar surface area (TPSA) is 56.3 Å². The van der Waals surface area contributed by atoms with Crippen LogP contribution in [0.3, 0.4) is 0 Å². The molecule has 1 aromatic carbocycles. The largest absolute Gasteiger partial charge is 0.491 e. The summed E-state index contributed by atoms with van der Waals surface area (Å²) in [5, 5.41) is 4.23. The van der Waals surface area contributed by atoms with Gasteiger partial charge in [-0.05, 0) is 32.4 Å². The first-order valence-corrected chi connectivity index (χ1v) is 9.13. The van der Waals surface area contributed by atoms with Gasteiger partial charge in [-0.3, -0.25) is 4.90 Å². The summed E-state index contributed by atoms with van der Waals surface area (Å²) in [4.78, 5) is 6.53. The van der Waals surface area contributed by atoms with E-state index in [2.05, 4.69) is 39.3 Å². The second-order valence-corrected chi connectivity index (χ2v) is 6.75. The van der Waals surface area contributed by atoms with Crippen molar-refractivity contribution in [3.8, 4) is 5.75 Å². The van der Waals surface area contributed by atoms with E-state index in [1.807, 2.05) is 30.1 Å². The fourth-order valence-corrected chi connectivity index (χ4v) is 3.57. The molecule has 3 aromatic rings. The van der Waals surface area contributed by atoms with Crippen LogP contribution < -0.4 is 4.74 Å². The molecule has 0 bridgehead atoms. The van der Waals surface area contributed by atoms with E-state index < -0.39 is 0 Å². The maximum absolute atomic E-state index is 6.06. The van der Waals surface area contributed by atoms with E-state index in [1.165, 1.54) is 12.0 Å². The van der Waals surface area contributed by atoms with Gasteiger partial charge in [-0.25, -0.2) is 4.98 Å². The van der Waals surface area contributed by atoms with E-state index in [0.717, 1.165) is 43.3 Å². The van der Waals surface area contributed by atoms with Crippen LogP contribution in [0.25, 0.3) is 0 Å². The van der Waals surface area contributed by atoms with Crippen molar-refractivity contribution in [2.45, 2.75) is 38.9 Å². The summed E-state index contributed by atoms with van der Waals surface area (Å²) in [5.74, 6) is 1.82. The van der Waals surface area contributed by atoms with Crippen molar-refractivity contribution in [3.05, 3.63) is 66.1 Å².